The number of nitrogens with zero attached hydrogens (tertiary/aromatic N) is 1. The third-order valence-corrected chi connectivity index (χ3v) is 3.98. The van der Waals surface area contributed by atoms with Gasteiger partial charge in [0.15, 0.2) is 0 Å². The van der Waals surface area contributed by atoms with Crippen LogP contribution in [-0.2, 0) is 7.05 Å². The standard InChI is InChI=1S/C12H14BrNO/c1-7-5-9(15-4)6-10-8(2)12(13)14(3)11(7)10/h5-6H,1-4H3. The zero-order valence-electron chi connectivity index (χ0n) is 9.39. The van der Waals surface area contributed by atoms with E-state index in [1.807, 2.05) is 0 Å². The summed E-state index contributed by atoms with van der Waals surface area (Å²) in [5.74, 6) is 0.918. The van der Waals surface area contributed by atoms with E-state index in [1.165, 1.54) is 22.0 Å². The molecule has 0 atom stereocenters. The normalized spacial score (nSPS) is 11.0. The van der Waals surface area contributed by atoms with Crippen LogP contribution < -0.4 is 4.74 Å². The van der Waals surface area contributed by atoms with Crippen LogP contribution >= 0.6 is 15.9 Å². The van der Waals surface area contributed by atoms with Crippen molar-refractivity contribution in [1.29, 1.82) is 0 Å². The summed E-state index contributed by atoms with van der Waals surface area (Å²) < 4.78 is 8.58. The van der Waals surface area contributed by atoms with E-state index in [4.69, 9.17) is 4.74 Å². The van der Waals surface area contributed by atoms with Crippen molar-refractivity contribution in [2.75, 3.05) is 7.11 Å². The molecule has 2 rings (SSSR count). The molecule has 1 aromatic heterocycles. The second-order valence-corrected chi connectivity index (χ2v) is 4.57. The molecule has 2 aromatic rings. The van der Waals surface area contributed by atoms with E-state index in [-0.39, 0.29) is 0 Å². The lowest BCUT2D eigenvalue weighted by Crippen LogP contribution is -1.90. The van der Waals surface area contributed by atoms with Gasteiger partial charge >= 0.3 is 0 Å². The van der Waals surface area contributed by atoms with E-state index in [2.05, 4.69) is 53.5 Å². The fraction of sp³-hybridized carbons (Fsp3) is 0.333. The minimum atomic E-state index is 0.918. The van der Waals surface area contributed by atoms with Crippen LogP contribution in [0.1, 0.15) is 11.1 Å². The molecule has 1 aromatic carbocycles. The molecule has 15 heavy (non-hydrogen) atoms. The maximum absolute atomic E-state index is 5.28. The van der Waals surface area contributed by atoms with E-state index in [0.717, 1.165) is 10.4 Å². The van der Waals surface area contributed by atoms with Crippen LogP contribution in [0, 0.1) is 13.8 Å². The molecule has 0 spiro atoms. The van der Waals surface area contributed by atoms with Crippen molar-refractivity contribution in [2.45, 2.75) is 13.8 Å². The number of fused-ring (bicyclic) bond motifs is 1. The average Bonchev–Trinajstić information content (AvgIpc) is 2.44. The summed E-state index contributed by atoms with van der Waals surface area (Å²) in [5.41, 5.74) is 3.76. The van der Waals surface area contributed by atoms with Crippen molar-refractivity contribution in [3.63, 3.8) is 0 Å². The molecular weight excluding hydrogens is 254 g/mol. The van der Waals surface area contributed by atoms with Crippen molar-refractivity contribution >= 4 is 26.8 Å². The molecule has 0 radical (unpaired) electrons. The molecule has 0 bridgehead atoms. The van der Waals surface area contributed by atoms with E-state index >= 15 is 0 Å². The van der Waals surface area contributed by atoms with Crippen LogP contribution in [0.15, 0.2) is 16.7 Å². The van der Waals surface area contributed by atoms with Gasteiger partial charge in [-0.25, -0.2) is 0 Å². The van der Waals surface area contributed by atoms with Gasteiger partial charge in [0, 0.05) is 12.4 Å². The maximum Gasteiger partial charge on any atom is 0.119 e. The highest BCUT2D eigenvalue weighted by Crippen LogP contribution is 2.33. The number of methoxy groups -OCH3 is 1. The first-order valence-corrected chi connectivity index (χ1v) is 5.64. The van der Waals surface area contributed by atoms with Crippen LogP contribution in [-0.4, -0.2) is 11.7 Å². The molecule has 0 saturated carbocycles. The molecule has 80 valence electrons. The Morgan fingerprint density at radius 3 is 2.53 bits per heavy atom. The Labute approximate surface area is 98.0 Å². The molecule has 0 saturated heterocycles. The van der Waals surface area contributed by atoms with Gasteiger partial charge in [0.25, 0.3) is 0 Å². The van der Waals surface area contributed by atoms with Gasteiger partial charge in [-0.05, 0) is 53.0 Å². The first-order valence-electron chi connectivity index (χ1n) is 4.85. The minimum Gasteiger partial charge on any atom is -0.497 e. The van der Waals surface area contributed by atoms with Gasteiger partial charge in [0.05, 0.1) is 17.2 Å². The molecule has 0 aliphatic rings. The Morgan fingerprint density at radius 1 is 1.27 bits per heavy atom. The van der Waals surface area contributed by atoms with Crippen LogP contribution in [0.4, 0.5) is 0 Å². The van der Waals surface area contributed by atoms with Crippen LogP contribution in [0.25, 0.3) is 10.9 Å². The second kappa shape index (κ2) is 3.56. The lowest BCUT2D eigenvalue weighted by Gasteiger charge is -2.05. The molecule has 0 N–H and O–H groups in total. The Balaban J connectivity index is 2.91. The monoisotopic (exact) mass is 267 g/mol. The molecule has 0 amide bonds. The predicted molar refractivity (Wildman–Crippen MR) is 66.6 cm³/mol. The number of rotatable bonds is 1. The van der Waals surface area contributed by atoms with Crippen molar-refractivity contribution in [2.24, 2.45) is 7.05 Å². The Kier molecular flexibility index (Phi) is 2.51. The van der Waals surface area contributed by atoms with Gasteiger partial charge in [-0.1, -0.05) is 0 Å². The summed E-state index contributed by atoms with van der Waals surface area (Å²) in [6.07, 6.45) is 0. The van der Waals surface area contributed by atoms with Gasteiger partial charge in [-0.3, -0.25) is 0 Å². The molecule has 0 unspecified atom stereocenters. The average molecular weight is 268 g/mol. The molecule has 1 heterocycles. The van der Waals surface area contributed by atoms with Gasteiger partial charge in [0.1, 0.15) is 5.75 Å². The van der Waals surface area contributed by atoms with E-state index < -0.39 is 0 Å². The zero-order valence-corrected chi connectivity index (χ0v) is 11.0. The zero-order chi connectivity index (χ0) is 11.2. The summed E-state index contributed by atoms with van der Waals surface area (Å²) in [7, 11) is 3.77. The van der Waals surface area contributed by atoms with Crippen molar-refractivity contribution < 1.29 is 4.74 Å². The fourth-order valence-electron chi connectivity index (χ4n) is 2.06. The van der Waals surface area contributed by atoms with Crippen LogP contribution in [0.5, 0.6) is 5.75 Å². The first kappa shape index (κ1) is 10.6. The van der Waals surface area contributed by atoms with E-state index in [9.17, 15) is 0 Å². The summed E-state index contributed by atoms with van der Waals surface area (Å²) >= 11 is 3.60. The van der Waals surface area contributed by atoms with E-state index in [0.29, 0.717) is 0 Å². The lowest BCUT2D eigenvalue weighted by molar-refractivity contribution is 0.415. The Morgan fingerprint density at radius 2 is 1.93 bits per heavy atom. The smallest absolute Gasteiger partial charge is 0.119 e. The van der Waals surface area contributed by atoms with Crippen LogP contribution in [0.3, 0.4) is 0 Å². The Bertz CT molecular complexity index is 528. The second-order valence-electron chi connectivity index (χ2n) is 3.82. The van der Waals surface area contributed by atoms with Crippen molar-refractivity contribution in [3.05, 3.63) is 27.9 Å². The summed E-state index contributed by atoms with van der Waals surface area (Å²) in [6.45, 7) is 4.22. The minimum absolute atomic E-state index is 0.918. The molecule has 2 nitrogen and oxygen atoms in total. The number of halogens is 1. The largest absolute Gasteiger partial charge is 0.497 e. The topological polar surface area (TPSA) is 14.2 Å². The van der Waals surface area contributed by atoms with E-state index in [1.54, 1.807) is 7.11 Å². The summed E-state index contributed by atoms with van der Waals surface area (Å²) in [4.78, 5) is 0. The highest BCUT2D eigenvalue weighted by molar-refractivity contribution is 9.10. The maximum atomic E-state index is 5.28. The first-order chi connectivity index (χ1) is 7.06. The highest BCUT2D eigenvalue weighted by Gasteiger charge is 2.12. The highest BCUT2D eigenvalue weighted by atomic mass is 79.9. The van der Waals surface area contributed by atoms with Gasteiger partial charge in [-0.2, -0.15) is 0 Å². The third-order valence-electron chi connectivity index (χ3n) is 2.85. The number of hydrogen-bond donors (Lipinski definition) is 0. The Hall–Kier alpha value is -0.960. The van der Waals surface area contributed by atoms with Gasteiger partial charge in [-0.15, -0.1) is 0 Å². The fourth-order valence-corrected chi connectivity index (χ4v) is 2.45. The molecule has 0 fully saturated rings. The number of ether oxygens (including phenoxy) is 1. The number of aryl methyl sites for hydroxylation is 3. The number of benzene rings is 1. The van der Waals surface area contributed by atoms with Gasteiger partial charge in [0.2, 0.25) is 0 Å². The SMILES string of the molecule is COc1cc(C)c2c(c1)c(C)c(Br)n2C. The lowest BCUT2D eigenvalue weighted by atomic mass is 10.1. The number of hydrogen-bond acceptors (Lipinski definition) is 1. The molecular formula is C12H14BrNO. The quantitative estimate of drug-likeness (QED) is 0.771. The van der Waals surface area contributed by atoms with Crippen molar-refractivity contribution in [3.8, 4) is 5.75 Å². The molecule has 3 heteroatoms. The summed E-state index contributed by atoms with van der Waals surface area (Å²) in [6, 6.07) is 4.15. The third kappa shape index (κ3) is 1.46. The summed E-state index contributed by atoms with van der Waals surface area (Å²) in [5, 5.41) is 1.25. The molecule has 0 aliphatic heterocycles. The predicted octanol–water partition coefficient (Wildman–Crippen LogP) is 3.57. The van der Waals surface area contributed by atoms with Crippen molar-refractivity contribution in [1.82, 2.24) is 4.57 Å². The van der Waals surface area contributed by atoms with Crippen LogP contribution in [0.2, 0.25) is 0 Å². The van der Waals surface area contributed by atoms with Gasteiger partial charge < -0.3 is 9.30 Å². The molecule has 0 aliphatic carbocycles. The number of aromatic nitrogens is 1.